The van der Waals surface area contributed by atoms with E-state index in [-0.39, 0.29) is 0 Å². The number of aryl methyl sites for hydroxylation is 1. The molecule has 1 N–H and O–H groups in total. The molecule has 1 saturated heterocycles. The normalized spacial score (nSPS) is 16.5. The van der Waals surface area contributed by atoms with E-state index in [1.54, 1.807) is 0 Å². The quantitative estimate of drug-likeness (QED) is 0.770. The second-order valence-corrected chi connectivity index (χ2v) is 6.55. The Labute approximate surface area is 121 Å². The molecule has 1 heterocycles. The molecular weight excluding hydrogens is 254 g/mol. The van der Waals surface area contributed by atoms with Crippen LogP contribution in [0.2, 0.25) is 0 Å². The lowest BCUT2D eigenvalue weighted by Gasteiger charge is -2.21. The highest BCUT2D eigenvalue weighted by Crippen LogP contribution is 2.21. The van der Waals surface area contributed by atoms with E-state index in [0.29, 0.717) is 0 Å². The van der Waals surface area contributed by atoms with Crippen LogP contribution in [-0.4, -0.2) is 30.7 Å². The van der Waals surface area contributed by atoms with Crippen LogP contribution in [0.15, 0.2) is 24.3 Å². The van der Waals surface area contributed by atoms with Crippen molar-refractivity contribution in [3.05, 3.63) is 29.8 Å². The highest BCUT2D eigenvalue weighted by Gasteiger charge is 2.12. The van der Waals surface area contributed by atoms with Crippen molar-refractivity contribution in [1.82, 2.24) is 5.32 Å². The summed E-state index contributed by atoms with van der Waals surface area (Å²) in [4.78, 5) is 0. The molecule has 0 unspecified atom stereocenters. The fourth-order valence-electron chi connectivity index (χ4n) is 2.32. The minimum Gasteiger partial charge on any atom is -0.493 e. The summed E-state index contributed by atoms with van der Waals surface area (Å²) in [6.07, 6.45) is 5.10. The number of rotatable bonds is 7. The van der Waals surface area contributed by atoms with E-state index in [2.05, 4.69) is 42.2 Å². The third-order valence-corrected chi connectivity index (χ3v) is 5.00. The Balaban J connectivity index is 1.51. The minimum atomic E-state index is 0.845. The Morgan fingerprint density at radius 3 is 2.79 bits per heavy atom. The van der Waals surface area contributed by atoms with Gasteiger partial charge in [-0.15, -0.1) is 0 Å². The van der Waals surface area contributed by atoms with Crippen molar-refractivity contribution < 1.29 is 4.74 Å². The number of benzene rings is 1. The number of nitrogens with one attached hydrogen (secondary N) is 1. The molecule has 0 aromatic heterocycles. The molecule has 0 saturated carbocycles. The van der Waals surface area contributed by atoms with E-state index in [1.165, 1.54) is 43.7 Å². The Hall–Kier alpha value is -0.670. The van der Waals surface area contributed by atoms with Gasteiger partial charge in [0.25, 0.3) is 0 Å². The SMILES string of the molecule is Cc1ccccc1OCCCCSC1CCNCC1. The summed E-state index contributed by atoms with van der Waals surface area (Å²) in [7, 11) is 0. The van der Waals surface area contributed by atoms with Gasteiger partial charge in [0.1, 0.15) is 5.75 Å². The largest absolute Gasteiger partial charge is 0.493 e. The average molecular weight is 279 g/mol. The summed E-state index contributed by atoms with van der Waals surface area (Å²) in [6, 6.07) is 8.24. The average Bonchev–Trinajstić information content (AvgIpc) is 2.45. The second-order valence-electron chi connectivity index (χ2n) is 5.14. The number of ether oxygens (including phenoxy) is 1. The molecule has 1 aliphatic heterocycles. The van der Waals surface area contributed by atoms with Gasteiger partial charge in [-0.2, -0.15) is 11.8 Å². The molecule has 0 bridgehead atoms. The Morgan fingerprint density at radius 2 is 2.00 bits per heavy atom. The van der Waals surface area contributed by atoms with Gasteiger partial charge < -0.3 is 10.1 Å². The summed E-state index contributed by atoms with van der Waals surface area (Å²) in [5.74, 6) is 2.32. The van der Waals surface area contributed by atoms with E-state index >= 15 is 0 Å². The molecule has 2 nitrogen and oxygen atoms in total. The monoisotopic (exact) mass is 279 g/mol. The molecule has 0 amide bonds. The second kappa shape index (κ2) is 8.49. The van der Waals surface area contributed by atoms with Crippen LogP contribution in [-0.2, 0) is 0 Å². The maximum atomic E-state index is 5.81. The summed E-state index contributed by atoms with van der Waals surface area (Å²) >= 11 is 2.15. The van der Waals surface area contributed by atoms with Crippen LogP contribution in [0.4, 0.5) is 0 Å². The molecule has 1 aromatic rings. The predicted octanol–water partition coefficient (Wildman–Crippen LogP) is 3.64. The first-order valence-electron chi connectivity index (χ1n) is 7.37. The van der Waals surface area contributed by atoms with Gasteiger partial charge in [0.2, 0.25) is 0 Å². The number of unbranched alkanes of at least 4 members (excludes halogenated alkanes) is 1. The van der Waals surface area contributed by atoms with Gasteiger partial charge in [0.15, 0.2) is 0 Å². The first kappa shape index (κ1) is 14.7. The molecule has 1 aliphatic rings. The molecule has 0 spiro atoms. The molecule has 0 aliphatic carbocycles. The number of piperidine rings is 1. The Bertz CT molecular complexity index is 364. The number of thioether (sulfide) groups is 1. The zero-order chi connectivity index (χ0) is 13.3. The van der Waals surface area contributed by atoms with Crippen LogP contribution in [0.3, 0.4) is 0 Å². The molecule has 0 radical (unpaired) electrons. The summed E-state index contributed by atoms with van der Waals surface area (Å²) in [5.41, 5.74) is 1.23. The lowest BCUT2D eigenvalue weighted by molar-refractivity contribution is 0.308. The third kappa shape index (κ3) is 5.45. The van der Waals surface area contributed by atoms with Crippen LogP contribution >= 0.6 is 11.8 Å². The molecule has 2 rings (SSSR count). The maximum Gasteiger partial charge on any atom is 0.122 e. The van der Waals surface area contributed by atoms with Crippen molar-refractivity contribution in [2.75, 3.05) is 25.4 Å². The van der Waals surface area contributed by atoms with Crippen LogP contribution in [0.1, 0.15) is 31.2 Å². The zero-order valence-electron chi connectivity index (χ0n) is 11.9. The summed E-state index contributed by atoms with van der Waals surface area (Å²) in [6.45, 7) is 5.35. The highest BCUT2D eigenvalue weighted by atomic mass is 32.2. The number of hydrogen-bond donors (Lipinski definition) is 1. The van der Waals surface area contributed by atoms with Crippen LogP contribution in [0.5, 0.6) is 5.75 Å². The van der Waals surface area contributed by atoms with Gasteiger partial charge >= 0.3 is 0 Å². The number of hydrogen-bond acceptors (Lipinski definition) is 3. The molecular formula is C16H25NOS. The molecule has 3 heteroatoms. The molecule has 19 heavy (non-hydrogen) atoms. The van der Waals surface area contributed by atoms with Crippen LogP contribution in [0, 0.1) is 6.92 Å². The topological polar surface area (TPSA) is 21.3 Å². The van der Waals surface area contributed by atoms with Crippen molar-refractivity contribution in [1.29, 1.82) is 0 Å². The van der Waals surface area contributed by atoms with Crippen molar-refractivity contribution >= 4 is 11.8 Å². The van der Waals surface area contributed by atoms with Gasteiger partial charge in [0, 0.05) is 5.25 Å². The van der Waals surface area contributed by atoms with Crippen molar-refractivity contribution in [2.24, 2.45) is 0 Å². The van der Waals surface area contributed by atoms with Gasteiger partial charge in [-0.25, -0.2) is 0 Å². The smallest absolute Gasteiger partial charge is 0.122 e. The molecule has 1 aromatic carbocycles. The Kier molecular flexibility index (Phi) is 6.58. The first-order chi connectivity index (χ1) is 9.36. The Morgan fingerprint density at radius 1 is 1.21 bits per heavy atom. The summed E-state index contributed by atoms with van der Waals surface area (Å²) < 4.78 is 5.81. The molecule has 1 fully saturated rings. The lowest BCUT2D eigenvalue weighted by atomic mass is 10.2. The van der Waals surface area contributed by atoms with E-state index in [4.69, 9.17) is 4.74 Å². The van der Waals surface area contributed by atoms with Gasteiger partial charge in [-0.05, 0) is 63.1 Å². The minimum absolute atomic E-state index is 0.845. The van der Waals surface area contributed by atoms with Gasteiger partial charge in [0.05, 0.1) is 6.61 Å². The van der Waals surface area contributed by atoms with Gasteiger partial charge in [-0.1, -0.05) is 18.2 Å². The fraction of sp³-hybridized carbons (Fsp3) is 0.625. The van der Waals surface area contributed by atoms with E-state index in [0.717, 1.165) is 24.0 Å². The van der Waals surface area contributed by atoms with E-state index < -0.39 is 0 Å². The first-order valence-corrected chi connectivity index (χ1v) is 8.42. The lowest BCUT2D eigenvalue weighted by Crippen LogP contribution is -2.29. The predicted molar refractivity (Wildman–Crippen MR) is 84.3 cm³/mol. The standard InChI is InChI=1S/C16H25NOS/c1-14-6-2-3-7-16(14)18-12-4-5-13-19-15-8-10-17-11-9-15/h2-3,6-7,15,17H,4-5,8-13H2,1H3. The maximum absolute atomic E-state index is 5.81. The highest BCUT2D eigenvalue weighted by molar-refractivity contribution is 7.99. The fourth-order valence-corrected chi connectivity index (χ4v) is 3.59. The van der Waals surface area contributed by atoms with Gasteiger partial charge in [-0.3, -0.25) is 0 Å². The van der Waals surface area contributed by atoms with Crippen LogP contribution < -0.4 is 10.1 Å². The van der Waals surface area contributed by atoms with Crippen molar-refractivity contribution in [3.8, 4) is 5.75 Å². The molecule has 0 atom stereocenters. The summed E-state index contributed by atoms with van der Waals surface area (Å²) in [5, 5.41) is 4.30. The number of para-hydroxylation sites is 1. The van der Waals surface area contributed by atoms with E-state index in [1.807, 2.05) is 6.07 Å². The van der Waals surface area contributed by atoms with Crippen LogP contribution in [0.25, 0.3) is 0 Å². The van der Waals surface area contributed by atoms with Crippen molar-refractivity contribution in [3.63, 3.8) is 0 Å². The molecule has 106 valence electrons. The zero-order valence-corrected chi connectivity index (χ0v) is 12.7. The third-order valence-electron chi connectivity index (χ3n) is 3.53. The van der Waals surface area contributed by atoms with Crippen molar-refractivity contribution in [2.45, 2.75) is 37.9 Å². The van der Waals surface area contributed by atoms with E-state index in [9.17, 15) is 0 Å².